The molecule has 3 fully saturated rings. The monoisotopic (exact) mass is 525 g/mol. The van der Waals surface area contributed by atoms with E-state index in [0.29, 0.717) is 41.7 Å². The van der Waals surface area contributed by atoms with Gasteiger partial charge in [-0.25, -0.2) is 17.8 Å². The predicted octanol–water partition coefficient (Wildman–Crippen LogP) is 3.87. The van der Waals surface area contributed by atoms with E-state index >= 15 is 4.39 Å². The summed E-state index contributed by atoms with van der Waals surface area (Å²) in [6.07, 6.45) is 8.08. The topological polar surface area (TPSA) is 84.5 Å². The molecule has 3 saturated heterocycles. The van der Waals surface area contributed by atoms with Crippen LogP contribution >= 0.6 is 0 Å². The maximum Gasteiger partial charge on any atom is 0.175 e. The number of nitrogens with two attached hydrogens (primary N) is 1. The van der Waals surface area contributed by atoms with E-state index < -0.39 is 9.84 Å². The molecule has 4 heterocycles. The lowest BCUT2D eigenvalue weighted by molar-refractivity contribution is 0.0475. The molecule has 0 radical (unpaired) electrons. The van der Waals surface area contributed by atoms with Crippen LogP contribution in [0.2, 0.25) is 0 Å². The summed E-state index contributed by atoms with van der Waals surface area (Å²) >= 11 is 0. The first-order chi connectivity index (χ1) is 17.7. The molecule has 0 spiro atoms. The van der Waals surface area contributed by atoms with E-state index in [4.69, 9.17) is 5.73 Å². The van der Waals surface area contributed by atoms with Crippen LogP contribution in [-0.4, -0.2) is 71.9 Å². The number of imidazole rings is 1. The molecule has 2 bridgehead atoms. The number of likely N-dealkylation sites (tertiary alicyclic amines) is 1. The van der Waals surface area contributed by atoms with Gasteiger partial charge in [-0.05, 0) is 93.4 Å². The van der Waals surface area contributed by atoms with E-state index in [1.165, 1.54) is 31.9 Å². The Morgan fingerprint density at radius 1 is 0.973 bits per heavy atom. The number of hydrogen-bond donors (Lipinski definition) is 1. The molecule has 3 aliphatic heterocycles. The van der Waals surface area contributed by atoms with Crippen molar-refractivity contribution in [2.24, 2.45) is 12.8 Å². The van der Waals surface area contributed by atoms with Crippen molar-refractivity contribution in [2.75, 3.05) is 26.0 Å². The molecule has 3 aliphatic rings. The molecule has 2 aromatic carbocycles. The van der Waals surface area contributed by atoms with Gasteiger partial charge in [-0.3, -0.25) is 4.90 Å². The first-order valence-electron chi connectivity index (χ1n) is 13.4. The third kappa shape index (κ3) is 4.39. The number of sulfone groups is 1. The molecule has 2 N–H and O–H groups in total. The summed E-state index contributed by atoms with van der Waals surface area (Å²) in [5, 5.41) is 0. The van der Waals surface area contributed by atoms with E-state index in [-0.39, 0.29) is 16.6 Å². The van der Waals surface area contributed by atoms with Gasteiger partial charge in [0.1, 0.15) is 11.3 Å². The van der Waals surface area contributed by atoms with E-state index in [1.807, 2.05) is 19.2 Å². The summed E-state index contributed by atoms with van der Waals surface area (Å²) in [5.41, 5.74) is 8.67. The third-order valence-corrected chi connectivity index (χ3v) is 10.2. The zero-order chi connectivity index (χ0) is 25.9. The van der Waals surface area contributed by atoms with Crippen molar-refractivity contribution >= 4 is 20.9 Å². The van der Waals surface area contributed by atoms with Crippen molar-refractivity contribution in [3.63, 3.8) is 0 Å². The Balaban J connectivity index is 1.20. The van der Waals surface area contributed by atoms with Crippen LogP contribution in [0.15, 0.2) is 41.3 Å². The average molecular weight is 526 g/mol. The van der Waals surface area contributed by atoms with Gasteiger partial charge in [0, 0.05) is 43.7 Å². The van der Waals surface area contributed by atoms with E-state index in [9.17, 15) is 8.42 Å². The number of piperidine rings is 2. The molecule has 2 unspecified atom stereocenters. The van der Waals surface area contributed by atoms with Crippen molar-refractivity contribution in [1.82, 2.24) is 19.4 Å². The van der Waals surface area contributed by atoms with Crippen LogP contribution in [0.4, 0.5) is 4.39 Å². The van der Waals surface area contributed by atoms with Crippen molar-refractivity contribution in [1.29, 1.82) is 0 Å². The fourth-order valence-electron chi connectivity index (χ4n) is 7.12. The summed E-state index contributed by atoms with van der Waals surface area (Å²) in [7, 11) is -1.45. The SMILES string of the molecule is Cn1c(-c2ccc(S(C)(=O)=O)cc2)nc2ccc(C3CCN(C4CC5CCC(C4)N5CN)CC3)c(F)c21. The van der Waals surface area contributed by atoms with Gasteiger partial charge in [0.25, 0.3) is 0 Å². The largest absolute Gasteiger partial charge is 0.325 e. The van der Waals surface area contributed by atoms with E-state index in [0.717, 1.165) is 37.1 Å². The van der Waals surface area contributed by atoms with Crippen molar-refractivity contribution < 1.29 is 12.8 Å². The zero-order valence-electron chi connectivity index (χ0n) is 21.6. The first kappa shape index (κ1) is 25.0. The van der Waals surface area contributed by atoms with E-state index in [1.54, 1.807) is 28.8 Å². The normalized spacial score (nSPS) is 25.8. The lowest BCUT2D eigenvalue weighted by Gasteiger charge is -2.45. The molecule has 9 heteroatoms. The van der Waals surface area contributed by atoms with Crippen LogP contribution in [-0.2, 0) is 16.9 Å². The van der Waals surface area contributed by atoms with E-state index in [2.05, 4.69) is 14.8 Å². The van der Waals surface area contributed by atoms with Crippen LogP contribution in [0.5, 0.6) is 0 Å². The second kappa shape index (κ2) is 9.45. The molecule has 0 saturated carbocycles. The average Bonchev–Trinajstić information content (AvgIpc) is 3.36. The number of nitrogens with zero attached hydrogens (tertiary/aromatic N) is 4. The molecule has 3 aromatic rings. The first-order valence-corrected chi connectivity index (χ1v) is 15.3. The summed E-state index contributed by atoms with van der Waals surface area (Å²) in [6, 6.07) is 12.3. The molecule has 1 aromatic heterocycles. The Bertz CT molecular complexity index is 1400. The summed E-state index contributed by atoms with van der Waals surface area (Å²) < 4.78 is 41.3. The molecule has 37 heavy (non-hydrogen) atoms. The maximum absolute atomic E-state index is 15.9. The maximum atomic E-state index is 15.9. The molecule has 2 atom stereocenters. The second-order valence-electron chi connectivity index (χ2n) is 11.1. The number of aryl methyl sites for hydroxylation is 1. The van der Waals surface area contributed by atoms with Gasteiger partial charge in [-0.2, -0.15) is 0 Å². The van der Waals surface area contributed by atoms with Gasteiger partial charge in [0.15, 0.2) is 15.7 Å². The summed E-state index contributed by atoms with van der Waals surface area (Å²) in [4.78, 5) is 10.1. The summed E-state index contributed by atoms with van der Waals surface area (Å²) in [6.45, 7) is 2.70. The lowest BCUT2D eigenvalue weighted by atomic mass is 9.86. The van der Waals surface area contributed by atoms with Crippen LogP contribution in [0.1, 0.15) is 50.0 Å². The number of halogens is 1. The Hall–Kier alpha value is -2.33. The molecular weight excluding hydrogens is 489 g/mol. The highest BCUT2D eigenvalue weighted by atomic mass is 32.2. The number of aromatic nitrogens is 2. The number of benzene rings is 2. The van der Waals surface area contributed by atoms with Crippen LogP contribution in [0.25, 0.3) is 22.4 Å². The Morgan fingerprint density at radius 3 is 2.22 bits per heavy atom. The standard InChI is InChI=1S/C28H36FN5O2S/c1-32-27-25(31-28(32)19-3-7-23(8-4-19)37(2,35)36)10-9-24(26(27)29)18-11-13-33(14-12-18)22-15-20-5-6-21(16-22)34(20)17-30/h3-4,7-10,18,20-22H,5-6,11-17,30H2,1-2H3. The molecular formula is C28H36FN5O2S. The lowest BCUT2D eigenvalue weighted by Crippen LogP contribution is -2.53. The second-order valence-corrected chi connectivity index (χ2v) is 13.2. The number of rotatable bonds is 5. The van der Waals surface area contributed by atoms with Crippen LogP contribution in [0.3, 0.4) is 0 Å². The summed E-state index contributed by atoms with van der Waals surface area (Å²) in [5.74, 6) is 0.646. The third-order valence-electron chi connectivity index (χ3n) is 9.10. The van der Waals surface area contributed by atoms with Gasteiger partial charge in [0.05, 0.1) is 10.4 Å². The minimum Gasteiger partial charge on any atom is -0.325 e. The molecule has 7 nitrogen and oxygen atoms in total. The zero-order valence-corrected chi connectivity index (χ0v) is 22.4. The van der Waals surface area contributed by atoms with Crippen molar-refractivity contribution in [2.45, 2.75) is 67.5 Å². The predicted molar refractivity (Wildman–Crippen MR) is 143 cm³/mol. The smallest absolute Gasteiger partial charge is 0.175 e. The minimum atomic E-state index is -3.28. The molecule has 0 amide bonds. The highest BCUT2D eigenvalue weighted by Crippen LogP contribution is 2.40. The molecule has 6 rings (SSSR count). The molecule has 198 valence electrons. The number of hydrogen-bond acceptors (Lipinski definition) is 6. The fourth-order valence-corrected chi connectivity index (χ4v) is 7.75. The Morgan fingerprint density at radius 2 is 1.62 bits per heavy atom. The van der Waals surface area contributed by atoms with Gasteiger partial charge in [-0.15, -0.1) is 0 Å². The van der Waals surface area contributed by atoms with Crippen molar-refractivity contribution in [3.8, 4) is 11.4 Å². The number of fused-ring (bicyclic) bond motifs is 3. The van der Waals surface area contributed by atoms with Crippen LogP contribution < -0.4 is 5.73 Å². The fraction of sp³-hybridized carbons (Fsp3) is 0.536. The minimum absolute atomic E-state index is 0.181. The quantitative estimate of drug-likeness (QED) is 0.544. The van der Waals surface area contributed by atoms with Gasteiger partial charge in [0.2, 0.25) is 0 Å². The van der Waals surface area contributed by atoms with Crippen molar-refractivity contribution in [3.05, 3.63) is 47.8 Å². The van der Waals surface area contributed by atoms with Crippen LogP contribution in [0, 0.1) is 5.82 Å². The highest BCUT2D eigenvalue weighted by Gasteiger charge is 2.42. The molecule has 0 aliphatic carbocycles. The highest BCUT2D eigenvalue weighted by molar-refractivity contribution is 7.90. The Labute approximate surface area is 218 Å². The van der Waals surface area contributed by atoms with Gasteiger partial charge < -0.3 is 15.2 Å². The Kier molecular flexibility index (Phi) is 6.38. The van der Waals surface area contributed by atoms with Gasteiger partial charge >= 0.3 is 0 Å². The van der Waals surface area contributed by atoms with Gasteiger partial charge in [-0.1, -0.05) is 6.07 Å².